The maximum atomic E-state index is 5.93. The lowest BCUT2D eigenvalue weighted by molar-refractivity contribution is 0.568. The largest absolute Gasteiger partial charge is 0.310 e. The molecular weight excluding hydrogens is 1200 g/mol. The minimum Gasteiger partial charge on any atom is -0.310 e. The Morgan fingerprint density at radius 1 is 0.253 bits per heavy atom. The fraction of sp³-hybridized carbons (Fsp3) is 0.255. The molecule has 0 saturated heterocycles. The summed E-state index contributed by atoms with van der Waals surface area (Å²) in [7, 11) is 0. The average Bonchev–Trinajstić information content (AvgIpc) is 1.61. The van der Waals surface area contributed by atoms with Gasteiger partial charge in [0.25, 0.3) is 6.71 Å². The number of aromatic nitrogens is 4. The first-order valence-electron chi connectivity index (χ1n) is 35.8. The average molecular weight is 1290 g/mol. The summed E-state index contributed by atoms with van der Waals surface area (Å²) in [5, 5.41) is 4.91. The van der Waals surface area contributed by atoms with Gasteiger partial charge in [0.15, 0.2) is 5.82 Å². The van der Waals surface area contributed by atoms with Crippen LogP contribution >= 0.6 is 0 Å². The zero-order valence-corrected chi connectivity index (χ0v) is 61.2. The molecule has 490 valence electrons. The predicted molar refractivity (Wildman–Crippen MR) is 426 cm³/mol. The fourth-order valence-corrected chi connectivity index (χ4v) is 15.6. The van der Waals surface area contributed by atoms with Crippen molar-refractivity contribution < 1.29 is 0 Å². The zero-order chi connectivity index (χ0) is 69.4. The third kappa shape index (κ3) is 11.0. The molecule has 5 heteroatoms. The summed E-state index contributed by atoms with van der Waals surface area (Å²) >= 11 is 0. The Kier molecular flexibility index (Phi) is 14.4. The summed E-state index contributed by atoms with van der Waals surface area (Å²) in [5.41, 5.74) is 32.8. The molecule has 0 bridgehead atoms. The molecular formula is C94H91BN4. The van der Waals surface area contributed by atoms with Crippen LogP contribution < -0.4 is 16.4 Å². The molecule has 11 aromatic carbocycles. The second kappa shape index (κ2) is 22.3. The molecule has 0 atom stereocenters. The van der Waals surface area contributed by atoms with E-state index in [0.717, 1.165) is 50.5 Å². The molecule has 0 saturated carbocycles. The monoisotopic (exact) mass is 1290 g/mol. The van der Waals surface area contributed by atoms with Gasteiger partial charge >= 0.3 is 0 Å². The lowest BCUT2D eigenvalue weighted by atomic mass is 9.34. The van der Waals surface area contributed by atoms with Crippen LogP contribution in [0.3, 0.4) is 0 Å². The van der Waals surface area contributed by atoms with Crippen molar-refractivity contribution in [1.82, 2.24) is 19.1 Å². The van der Waals surface area contributed by atoms with E-state index in [-0.39, 0.29) is 39.2 Å². The smallest absolute Gasteiger partial charge is 0.252 e. The van der Waals surface area contributed by atoms with Gasteiger partial charge in [0.05, 0.1) is 22.4 Å². The molecule has 99 heavy (non-hydrogen) atoms. The number of fused-ring (bicyclic) bond motifs is 10. The van der Waals surface area contributed by atoms with Crippen LogP contribution in [0.1, 0.15) is 158 Å². The van der Waals surface area contributed by atoms with E-state index in [1.807, 2.05) is 0 Å². The third-order valence-electron chi connectivity index (χ3n) is 21.6. The van der Waals surface area contributed by atoms with Crippen molar-refractivity contribution in [3.05, 3.63) is 258 Å². The van der Waals surface area contributed by atoms with Crippen molar-refractivity contribution in [3.8, 4) is 89.8 Å². The fourth-order valence-electron chi connectivity index (χ4n) is 15.6. The number of nitrogens with zero attached hydrogens (tertiary/aromatic N) is 4. The van der Waals surface area contributed by atoms with E-state index >= 15 is 0 Å². The van der Waals surface area contributed by atoms with Crippen molar-refractivity contribution in [3.63, 3.8) is 0 Å². The van der Waals surface area contributed by atoms with E-state index < -0.39 is 0 Å². The molecule has 2 aliphatic rings. The van der Waals surface area contributed by atoms with E-state index in [1.165, 1.54) is 127 Å². The Morgan fingerprint density at radius 2 is 0.576 bits per heavy atom. The Balaban J connectivity index is 1.06. The van der Waals surface area contributed by atoms with E-state index in [1.54, 1.807) is 0 Å². The zero-order valence-electron chi connectivity index (χ0n) is 61.2. The molecule has 3 aromatic heterocycles. The molecule has 5 heterocycles. The van der Waals surface area contributed by atoms with Crippen molar-refractivity contribution >= 4 is 66.7 Å². The highest BCUT2D eigenvalue weighted by molar-refractivity contribution is 7.00. The minimum atomic E-state index is -0.179. The maximum Gasteiger partial charge on any atom is 0.252 e. The van der Waals surface area contributed by atoms with E-state index in [2.05, 4.69) is 358 Å². The third-order valence-corrected chi connectivity index (χ3v) is 21.6. The first-order chi connectivity index (χ1) is 46.8. The lowest BCUT2D eigenvalue weighted by Gasteiger charge is -2.34. The van der Waals surface area contributed by atoms with Crippen LogP contribution in [0.25, 0.3) is 133 Å². The number of rotatable bonds is 7. The quantitative estimate of drug-likeness (QED) is 0.149. The summed E-state index contributed by atoms with van der Waals surface area (Å²) in [5.74, 6) is 0.688. The number of hydrogen-bond donors (Lipinski definition) is 0. The first kappa shape index (κ1) is 63.9. The van der Waals surface area contributed by atoms with Crippen LogP contribution in [0.2, 0.25) is 0 Å². The molecule has 16 rings (SSSR count). The van der Waals surface area contributed by atoms with Gasteiger partial charge in [-0.15, -0.1) is 0 Å². The van der Waals surface area contributed by atoms with Crippen LogP contribution in [0.15, 0.2) is 224 Å². The summed E-state index contributed by atoms with van der Waals surface area (Å²) in [6.07, 6.45) is 0. The van der Waals surface area contributed by atoms with Crippen LogP contribution in [-0.2, 0) is 32.5 Å². The SMILES string of the molecule is CC(C)(C)c1ccc(-c2cc3c4c(c2)c2cc(-c5ccccc5)ccc2n4-c2cc(-c4nc(-c5cc(C(C)(C)C)cc(C(C)(C)C)c5)cc(-c5cc(C(C)(C)C)cc(C(C)(C)C)c5)n4)cc4c2B3c2cc(-c3ccc(C(C)(C)C)cc3)cc3c5cc(-c6ccccc6)ccc5n-4c23)cc1. The molecule has 0 fully saturated rings. The Bertz CT molecular complexity index is 5210. The molecule has 0 N–H and O–H groups in total. The first-order valence-corrected chi connectivity index (χ1v) is 35.8. The van der Waals surface area contributed by atoms with Crippen molar-refractivity contribution in [1.29, 1.82) is 0 Å². The Morgan fingerprint density at radius 3 is 0.919 bits per heavy atom. The van der Waals surface area contributed by atoms with Gasteiger partial charge in [-0.25, -0.2) is 9.97 Å². The maximum absolute atomic E-state index is 5.93. The van der Waals surface area contributed by atoms with Gasteiger partial charge < -0.3 is 9.13 Å². The molecule has 0 unspecified atom stereocenters. The standard InChI is InChI=1S/C94H91BN4/c1-89(2,3)67-35-29-58(30-36-67)62-47-75-73-45-60(56-25-21-19-22-26-56)33-39-81(73)98-83-51-66(88-96-79(64-41-69(91(7,8)9)53-70(42-64)92(10,11)12)55-80(97-88)65-43-71(93(13,14)15)54-72(44-65)94(16,17)18)52-84-85(83)95(77(49-62)86(75)98)78-50-63(59-31-37-68(38-32-59)90(4,5)6)48-76-74-46-61(57-27-23-20-24-28-57)34-40-82(74)99(84)87(76)78/h19-55H,1-18H3. The van der Waals surface area contributed by atoms with Crippen LogP contribution in [-0.4, -0.2) is 25.8 Å². The summed E-state index contributed by atoms with van der Waals surface area (Å²) < 4.78 is 5.26. The topological polar surface area (TPSA) is 35.6 Å². The van der Waals surface area contributed by atoms with Crippen molar-refractivity contribution in [2.45, 2.75) is 157 Å². The second-order valence-corrected chi connectivity index (χ2v) is 34.9. The molecule has 2 aliphatic heterocycles. The number of benzene rings is 11. The Hall–Kier alpha value is -9.84. The van der Waals surface area contributed by atoms with Crippen LogP contribution in [0.4, 0.5) is 0 Å². The molecule has 0 spiro atoms. The highest BCUT2D eigenvalue weighted by atomic mass is 15.0. The van der Waals surface area contributed by atoms with Crippen LogP contribution in [0, 0.1) is 0 Å². The van der Waals surface area contributed by atoms with Gasteiger partial charge in [-0.05, 0) is 206 Å². The van der Waals surface area contributed by atoms with Crippen molar-refractivity contribution in [2.75, 3.05) is 0 Å². The van der Waals surface area contributed by atoms with E-state index in [0.29, 0.717) is 5.82 Å². The summed E-state index contributed by atoms with van der Waals surface area (Å²) in [6.45, 7) is 41.6. The summed E-state index contributed by atoms with van der Waals surface area (Å²) in [4.78, 5) is 11.9. The molecule has 4 nitrogen and oxygen atoms in total. The highest BCUT2D eigenvalue weighted by Crippen LogP contribution is 2.46. The van der Waals surface area contributed by atoms with Crippen LogP contribution in [0.5, 0.6) is 0 Å². The van der Waals surface area contributed by atoms with Gasteiger partial charge in [-0.3, -0.25) is 0 Å². The van der Waals surface area contributed by atoms with Gasteiger partial charge in [-0.2, -0.15) is 0 Å². The Labute approximate surface area is 587 Å². The molecule has 0 radical (unpaired) electrons. The van der Waals surface area contributed by atoms with E-state index in [9.17, 15) is 0 Å². The summed E-state index contributed by atoms with van der Waals surface area (Å²) in [6, 6.07) is 86.7. The van der Waals surface area contributed by atoms with E-state index in [4.69, 9.17) is 9.97 Å². The van der Waals surface area contributed by atoms with Gasteiger partial charge in [0.1, 0.15) is 0 Å². The normalized spacial score (nSPS) is 13.3. The second-order valence-electron chi connectivity index (χ2n) is 34.9. The predicted octanol–water partition coefficient (Wildman–Crippen LogP) is 23.3. The highest BCUT2D eigenvalue weighted by Gasteiger charge is 2.43. The molecule has 0 amide bonds. The number of hydrogen-bond acceptors (Lipinski definition) is 2. The molecule has 0 aliphatic carbocycles. The molecule has 14 aromatic rings. The van der Waals surface area contributed by atoms with Gasteiger partial charge in [0, 0.05) is 60.6 Å². The van der Waals surface area contributed by atoms with Crippen molar-refractivity contribution in [2.24, 2.45) is 0 Å². The lowest BCUT2D eigenvalue weighted by Crippen LogP contribution is -2.59. The van der Waals surface area contributed by atoms with Gasteiger partial charge in [-0.1, -0.05) is 270 Å². The van der Waals surface area contributed by atoms with Gasteiger partial charge in [0.2, 0.25) is 0 Å². The minimum absolute atomic E-state index is 0.00867.